The second-order valence-corrected chi connectivity index (χ2v) is 7.99. The number of nitrogens with zero attached hydrogens (tertiary/aromatic N) is 3. The lowest BCUT2D eigenvalue weighted by molar-refractivity contribution is 0.0723. The largest absolute Gasteiger partial charge is 0.445 e. The summed E-state index contributed by atoms with van der Waals surface area (Å²) in [5.74, 6) is 0. The van der Waals surface area contributed by atoms with Crippen LogP contribution >= 0.6 is 0 Å². The molecule has 5 nitrogen and oxygen atoms in total. The zero-order chi connectivity index (χ0) is 18.9. The Morgan fingerprint density at radius 2 is 1.96 bits per heavy atom. The van der Waals surface area contributed by atoms with Crippen molar-refractivity contribution in [2.75, 3.05) is 13.1 Å². The molecule has 2 heterocycles. The minimum atomic E-state index is -0.207. The lowest BCUT2D eigenvalue weighted by atomic mass is 9.71. The molecular formula is C22H27N3O2. The van der Waals surface area contributed by atoms with Crippen LogP contribution in [0.1, 0.15) is 49.6 Å². The van der Waals surface area contributed by atoms with Crippen molar-refractivity contribution in [1.82, 2.24) is 14.7 Å². The summed E-state index contributed by atoms with van der Waals surface area (Å²) in [6.07, 6.45) is 9.34. The number of hydrogen-bond donors (Lipinski definition) is 0. The van der Waals surface area contributed by atoms with E-state index in [0.717, 1.165) is 37.9 Å². The third-order valence-corrected chi connectivity index (χ3v) is 5.76. The zero-order valence-corrected chi connectivity index (χ0v) is 16.1. The Morgan fingerprint density at radius 1 is 1.22 bits per heavy atom. The molecule has 2 aliphatic rings. The van der Waals surface area contributed by atoms with Crippen molar-refractivity contribution in [3.05, 3.63) is 59.4 Å². The van der Waals surface area contributed by atoms with E-state index in [1.54, 1.807) is 0 Å². The molecule has 0 N–H and O–H groups in total. The fourth-order valence-electron chi connectivity index (χ4n) is 4.12. The van der Waals surface area contributed by atoms with E-state index in [1.165, 1.54) is 11.3 Å². The topological polar surface area (TPSA) is 47.4 Å². The lowest BCUT2D eigenvalue weighted by Gasteiger charge is -2.41. The predicted molar refractivity (Wildman–Crippen MR) is 105 cm³/mol. The van der Waals surface area contributed by atoms with Gasteiger partial charge < -0.3 is 9.64 Å². The Morgan fingerprint density at radius 3 is 2.67 bits per heavy atom. The minimum Gasteiger partial charge on any atom is -0.445 e. The van der Waals surface area contributed by atoms with Gasteiger partial charge >= 0.3 is 6.09 Å². The van der Waals surface area contributed by atoms with E-state index in [4.69, 9.17) is 4.74 Å². The van der Waals surface area contributed by atoms with Gasteiger partial charge in [-0.25, -0.2) is 4.79 Å². The quantitative estimate of drug-likeness (QED) is 0.807. The maximum absolute atomic E-state index is 12.4. The van der Waals surface area contributed by atoms with E-state index in [0.29, 0.717) is 12.6 Å². The van der Waals surface area contributed by atoms with Gasteiger partial charge in [0.15, 0.2) is 0 Å². The van der Waals surface area contributed by atoms with Crippen molar-refractivity contribution in [3.63, 3.8) is 0 Å². The summed E-state index contributed by atoms with van der Waals surface area (Å²) in [6.45, 7) is 6.13. The van der Waals surface area contributed by atoms with Gasteiger partial charge in [0.25, 0.3) is 0 Å². The molecule has 1 aliphatic carbocycles. The van der Waals surface area contributed by atoms with Gasteiger partial charge in [0.2, 0.25) is 0 Å². The Kier molecular flexibility index (Phi) is 4.77. The molecule has 142 valence electrons. The van der Waals surface area contributed by atoms with Crippen molar-refractivity contribution in [3.8, 4) is 0 Å². The Labute approximate surface area is 160 Å². The number of piperidine rings is 1. The molecule has 1 aromatic carbocycles. The normalized spacial score (nSPS) is 18.0. The Hall–Kier alpha value is -2.56. The van der Waals surface area contributed by atoms with E-state index < -0.39 is 0 Å². The van der Waals surface area contributed by atoms with Gasteiger partial charge in [-0.2, -0.15) is 5.10 Å². The molecule has 1 amide bonds. The summed E-state index contributed by atoms with van der Waals surface area (Å²) in [6, 6.07) is 10.2. The van der Waals surface area contributed by atoms with Crippen LogP contribution in [0, 0.1) is 5.41 Å². The molecule has 0 unspecified atom stereocenters. The van der Waals surface area contributed by atoms with Crippen LogP contribution in [0.5, 0.6) is 0 Å². The number of amides is 1. The third-order valence-electron chi connectivity index (χ3n) is 5.76. The van der Waals surface area contributed by atoms with E-state index in [-0.39, 0.29) is 11.5 Å². The van der Waals surface area contributed by atoms with Gasteiger partial charge in [-0.05, 0) is 55.7 Å². The monoisotopic (exact) mass is 365 g/mol. The van der Waals surface area contributed by atoms with Crippen molar-refractivity contribution in [1.29, 1.82) is 0 Å². The van der Waals surface area contributed by atoms with Crippen molar-refractivity contribution in [2.24, 2.45) is 5.41 Å². The van der Waals surface area contributed by atoms with Crippen LogP contribution in [0.2, 0.25) is 0 Å². The summed E-state index contributed by atoms with van der Waals surface area (Å²) in [7, 11) is 0. The number of hydrogen-bond acceptors (Lipinski definition) is 3. The number of aromatic nitrogens is 2. The van der Waals surface area contributed by atoms with E-state index in [9.17, 15) is 4.79 Å². The Balaban J connectivity index is 1.34. The van der Waals surface area contributed by atoms with Gasteiger partial charge in [0.1, 0.15) is 6.61 Å². The number of allylic oxidation sites excluding steroid dienone is 1. The summed E-state index contributed by atoms with van der Waals surface area (Å²) in [5, 5.41) is 4.55. The van der Waals surface area contributed by atoms with Gasteiger partial charge in [0.05, 0.1) is 11.9 Å². The van der Waals surface area contributed by atoms with E-state index in [1.807, 2.05) is 41.4 Å². The van der Waals surface area contributed by atoms with Crippen LogP contribution in [-0.2, 0) is 17.8 Å². The van der Waals surface area contributed by atoms with Gasteiger partial charge in [-0.1, -0.05) is 36.4 Å². The van der Waals surface area contributed by atoms with Gasteiger partial charge in [-0.3, -0.25) is 4.68 Å². The first kappa shape index (κ1) is 17.8. The molecule has 0 saturated carbocycles. The molecule has 2 aromatic rings. The Bertz CT molecular complexity index is 830. The highest BCUT2D eigenvalue weighted by Crippen LogP contribution is 2.41. The maximum Gasteiger partial charge on any atom is 0.410 e. The molecule has 5 heteroatoms. The average molecular weight is 365 g/mol. The highest BCUT2D eigenvalue weighted by molar-refractivity contribution is 5.68. The van der Waals surface area contributed by atoms with Crippen LogP contribution in [0.3, 0.4) is 0 Å². The SMILES string of the molecule is CC(C)n1ncc2c1C=CC1(CCN(C(=O)OCc3ccccc3)CC1)C2. The first-order valence-corrected chi connectivity index (χ1v) is 9.78. The number of ether oxygens (including phenoxy) is 1. The van der Waals surface area contributed by atoms with Crippen molar-refractivity contribution >= 4 is 12.2 Å². The van der Waals surface area contributed by atoms with E-state index in [2.05, 4.69) is 35.8 Å². The fourth-order valence-corrected chi connectivity index (χ4v) is 4.12. The molecular weight excluding hydrogens is 338 g/mol. The molecule has 0 atom stereocenters. The maximum atomic E-state index is 12.4. The summed E-state index contributed by atoms with van der Waals surface area (Å²) in [5.41, 5.74) is 3.73. The van der Waals surface area contributed by atoms with Crippen LogP contribution in [0.15, 0.2) is 42.6 Å². The standard InChI is InChI=1S/C22H27N3O2/c1-17(2)25-20-8-9-22(14-19(20)15-23-25)10-12-24(13-11-22)21(26)27-16-18-6-4-3-5-7-18/h3-9,15,17H,10-14,16H2,1-2H3. The molecule has 1 fully saturated rings. The fraction of sp³-hybridized carbons (Fsp3) is 0.455. The smallest absolute Gasteiger partial charge is 0.410 e. The second kappa shape index (κ2) is 7.22. The summed E-state index contributed by atoms with van der Waals surface area (Å²) < 4.78 is 7.58. The first-order chi connectivity index (χ1) is 13.1. The highest BCUT2D eigenvalue weighted by Gasteiger charge is 2.37. The van der Waals surface area contributed by atoms with Gasteiger partial charge in [0, 0.05) is 19.1 Å². The second-order valence-electron chi connectivity index (χ2n) is 7.99. The molecule has 1 aliphatic heterocycles. The molecule has 0 bridgehead atoms. The van der Waals surface area contributed by atoms with Crippen molar-refractivity contribution < 1.29 is 9.53 Å². The molecule has 27 heavy (non-hydrogen) atoms. The molecule has 1 aromatic heterocycles. The summed E-state index contributed by atoms with van der Waals surface area (Å²) in [4.78, 5) is 14.2. The molecule has 1 saturated heterocycles. The third kappa shape index (κ3) is 3.64. The minimum absolute atomic E-state index is 0.147. The first-order valence-electron chi connectivity index (χ1n) is 9.78. The average Bonchev–Trinajstić information content (AvgIpc) is 3.10. The number of fused-ring (bicyclic) bond motifs is 1. The molecule has 4 rings (SSSR count). The van der Waals surface area contributed by atoms with Crippen molar-refractivity contribution in [2.45, 2.75) is 45.8 Å². The van der Waals surface area contributed by atoms with Crippen LogP contribution in [0.25, 0.3) is 6.08 Å². The summed E-state index contributed by atoms with van der Waals surface area (Å²) >= 11 is 0. The number of rotatable bonds is 3. The number of carbonyl (C=O) groups is 1. The zero-order valence-electron chi connectivity index (χ0n) is 16.1. The van der Waals surface area contributed by atoms with E-state index >= 15 is 0 Å². The van der Waals surface area contributed by atoms with Crippen LogP contribution < -0.4 is 0 Å². The van der Waals surface area contributed by atoms with Gasteiger partial charge in [-0.15, -0.1) is 0 Å². The molecule has 0 radical (unpaired) electrons. The number of benzene rings is 1. The number of likely N-dealkylation sites (tertiary alicyclic amines) is 1. The van der Waals surface area contributed by atoms with Crippen LogP contribution in [-0.4, -0.2) is 33.9 Å². The molecule has 1 spiro atoms. The number of carbonyl (C=O) groups excluding carboxylic acids is 1. The highest BCUT2D eigenvalue weighted by atomic mass is 16.6. The van der Waals surface area contributed by atoms with Crippen LogP contribution in [0.4, 0.5) is 4.79 Å². The lowest BCUT2D eigenvalue weighted by Crippen LogP contribution is -2.44. The predicted octanol–water partition coefficient (Wildman–Crippen LogP) is 4.45.